The molecule has 1 atom stereocenters. The SMILES string of the molecule is CC(=O)C(C/C=C(\C)C=C(C)C)C(=O)O. The quantitative estimate of drug-likeness (QED) is 0.560. The monoisotopic (exact) mass is 210 g/mol. The smallest absolute Gasteiger partial charge is 0.314 e. The van der Waals surface area contributed by atoms with Gasteiger partial charge in [-0.05, 0) is 34.1 Å². The molecule has 0 fully saturated rings. The molecule has 0 heterocycles. The van der Waals surface area contributed by atoms with E-state index in [1.165, 1.54) is 6.92 Å². The van der Waals surface area contributed by atoms with Crippen LogP contribution < -0.4 is 0 Å². The van der Waals surface area contributed by atoms with Crippen molar-refractivity contribution in [3.63, 3.8) is 0 Å². The zero-order valence-electron chi connectivity index (χ0n) is 9.70. The van der Waals surface area contributed by atoms with E-state index in [0.29, 0.717) is 0 Å². The number of aliphatic carboxylic acids is 1. The maximum atomic E-state index is 11.0. The van der Waals surface area contributed by atoms with Crippen LogP contribution in [0.15, 0.2) is 23.3 Å². The molecule has 84 valence electrons. The van der Waals surface area contributed by atoms with E-state index in [2.05, 4.69) is 0 Å². The van der Waals surface area contributed by atoms with Gasteiger partial charge in [0.25, 0.3) is 0 Å². The number of ketones is 1. The maximum Gasteiger partial charge on any atom is 0.314 e. The number of hydrogen-bond acceptors (Lipinski definition) is 2. The van der Waals surface area contributed by atoms with Gasteiger partial charge in [0.1, 0.15) is 11.7 Å². The molecule has 0 aromatic heterocycles. The Morgan fingerprint density at radius 2 is 1.73 bits per heavy atom. The van der Waals surface area contributed by atoms with E-state index in [0.717, 1.165) is 11.1 Å². The van der Waals surface area contributed by atoms with Crippen molar-refractivity contribution in [3.8, 4) is 0 Å². The summed E-state index contributed by atoms with van der Waals surface area (Å²) in [5.41, 5.74) is 2.14. The van der Waals surface area contributed by atoms with E-state index in [9.17, 15) is 9.59 Å². The molecule has 0 saturated carbocycles. The minimum absolute atomic E-state index is 0.264. The summed E-state index contributed by atoms with van der Waals surface area (Å²) in [7, 11) is 0. The number of Topliss-reactive ketones (excluding diaryl/α,β-unsaturated/α-hetero) is 1. The number of carbonyl (C=O) groups excluding carboxylic acids is 1. The first-order valence-electron chi connectivity index (χ1n) is 4.89. The molecule has 1 unspecified atom stereocenters. The van der Waals surface area contributed by atoms with Crippen molar-refractivity contribution in [1.82, 2.24) is 0 Å². The van der Waals surface area contributed by atoms with Crippen molar-refractivity contribution in [2.75, 3.05) is 0 Å². The van der Waals surface area contributed by atoms with Crippen LogP contribution in [0.4, 0.5) is 0 Å². The van der Waals surface area contributed by atoms with E-state index in [-0.39, 0.29) is 12.2 Å². The number of hydrogen-bond donors (Lipinski definition) is 1. The fourth-order valence-corrected chi connectivity index (χ4v) is 1.26. The fourth-order valence-electron chi connectivity index (χ4n) is 1.26. The van der Waals surface area contributed by atoms with Gasteiger partial charge in [0, 0.05) is 0 Å². The van der Waals surface area contributed by atoms with Gasteiger partial charge in [-0.2, -0.15) is 0 Å². The summed E-state index contributed by atoms with van der Waals surface area (Å²) in [5, 5.41) is 8.77. The van der Waals surface area contributed by atoms with Crippen LogP contribution in [-0.4, -0.2) is 16.9 Å². The van der Waals surface area contributed by atoms with Gasteiger partial charge in [-0.1, -0.05) is 23.3 Å². The van der Waals surface area contributed by atoms with Crippen LogP contribution in [0.25, 0.3) is 0 Å². The molecule has 0 amide bonds. The molecule has 0 spiro atoms. The van der Waals surface area contributed by atoms with Crippen molar-refractivity contribution < 1.29 is 14.7 Å². The highest BCUT2D eigenvalue weighted by atomic mass is 16.4. The molecule has 15 heavy (non-hydrogen) atoms. The first kappa shape index (κ1) is 13.6. The second kappa shape index (κ2) is 6.17. The molecular formula is C12H18O3. The molecule has 0 radical (unpaired) electrons. The summed E-state index contributed by atoms with van der Waals surface area (Å²) in [4.78, 5) is 21.7. The molecule has 0 aromatic carbocycles. The predicted molar refractivity (Wildman–Crippen MR) is 59.6 cm³/mol. The lowest BCUT2D eigenvalue weighted by Gasteiger charge is -2.05. The Balaban J connectivity index is 4.52. The minimum atomic E-state index is -1.05. The van der Waals surface area contributed by atoms with Gasteiger partial charge < -0.3 is 5.11 Å². The zero-order chi connectivity index (χ0) is 12.0. The third kappa shape index (κ3) is 5.83. The number of rotatable bonds is 5. The van der Waals surface area contributed by atoms with Crippen LogP contribution in [0.5, 0.6) is 0 Å². The number of carboxylic acids is 1. The lowest BCUT2D eigenvalue weighted by atomic mass is 10.00. The van der Waals surface area contributed by atoms with Gasteiger partial charge >= 0.3 is 5.97 Å². The number of carbonyl (C=O) groups is 2. The summed E-state index contributed by atoms with van der Waals surface area (Å²) in [6, 6.07) is 0. The lowest BCUT2D eigenvalue weighted by Crippen LogP contribution is -2.20. The van der Waals surface area contributed by atoms with E-state index in [4.69, 9.17) is 5.11 Å². The van der Waals surface area contributed by atoms with Crippen LogP contribution in [-0.2, 0) is 9.59 Å². The Morgan fingerprint density at radius 1 is 1.20 bits per heavy atom. The molecule has 0 aliphatic heterocycles. The Kier molecular flexibility index (Phi) is 5.60. The van der Waals surface area contributed by atoms with E-state index in [1.807, 2.05) is 26.8 Å². The molecule has 0 rings (SSSR count). The average molecular weight is 210 g/mol. The van der Waals surface area contributed by atoms with E-state index < -0.39 is 11.9 Å². The number of carboxylic acid groups (broad SMARTS) is 1. The largest absolute Gasteiger partial charge is 0.481 e. The highest BCUT2D eigenvalue weighted by Gasteiger charge is 2.20. The molecule has 0 aliphatic rings. The summed E-state index contributed by atoms with van der Waals surface area (Å²) in [6.45, 7) is 7.14. The molecule has 0 bridgehead atoms. The second-order valence-corrected chi connectivity index (χ2v) is 3.91. The summed E-state index contributed by atoms with van der Waals surface area (Å²) < 4.78 is 0. The molecule has 0 saturated heterocycles. The van der Waals surface area contributed by atoms with Crippen LogP contribution in [0.1, 0.15) is 34.1 Å². The molecular weight excluding hydrogens is 192 g/mol. The van der Waals surface area contributed by atoms with Crippen LogP contribution in [0.2, 0.25) is 0 Å². The van der Waals surface area contributed by atoms with E-state index >= 15 is 0 Å². The molecule has 0 aliphatic carbocycles. The van der Waals surface area contributed by atoms with Gasteiger partial charge in [0.2, 0.25) is 0 Å². The Bertz CT molecular complexity index is 293. The van der Waals surface area contributed by atoms with Crippen LogP contribution in [0, 0.1) is 5.92 Å². The standard InChI is InChI=1S/C12H18O3/c1-8(2)7-9(3)5-6-11(10(4)13)12(14)15/h5,7,11H,6H2,1-4H3,(H,14,15)/b9-5+. The van der Waals surface area contributed by atoms with Gasteiger partial charge in [0.15, 0.2) is 0 Å². The Labute approximate surface area is 90.5 Å². The van der Waals surface area contributed by atoms with Crippen LogP contribution in [0.3, 0.4) is 0 Å². The van der Waals surface area contributed by atoms with Crippen molar-refractivity contribution >= 4 is 11.8 Å². The van der Waals surface area contributed by atoms with Crippen molar-refractivity contribution in [3.05, 3.63) is 23.3 Å². The Hall–Kier alpha value is -1.38. The molecule has 3 nitrogen and oxygen atoms in total. The number of allylic oxidation sites excluding steroid dienone is 4. The lowest BCUT2D eigenvalue weighted by molar-refractivity contribution is -0.145. The molecule has 0 aromatic rings. The van der Waals surface area contributed by atoms with Gasteiger partial charge in [-0.15, -0.1) is 0 Å². The van der Waals surface area contributed by atoms with Gasteiger partial charge in [0.05, 0.1) is 0 Å². The first-order chi connectivity index (χ1) is 6.84. The average Bonchev–Trinajstić information content (AvgIpc) is 2.00. The van der Waals surface area contributed by atoms with Crippen molar-refractivity contribution in [2.24, 2.45) is 5.92 Å². The van der Waals surface area contributed by atoms with E-state index in [1.54, 1.807) is 6.08 Å². The van der Waals surface area contributed by atoms with Crippen molar-refractivity contribution in [1.29, 1.82) is 0 Å². The topological polar surface area (TPSA) is 54.4 Å². The summed E-state index contributed by atoms with van der Waals surface area (Å²) in [6.07, 6.45) is 4.01. The Morgan fingerprint density at radius 3 is 2.07 bits per heavy atom. The zero-order valence-corrected chi connectivity index (χ0v) is 9.70. The minimum Gasteiger partial charge on any atom is -0.481 e. The van der Waals surface area contributed by atoms with Crippen LogP contribution >= 0.6 is 0 Å². The predicted octanol–water partition coefficient (Wildman–Crippen LogP) is 2.58. The normalized spacial score (nSPS) is 13.2. The second-order valence-electron chi connectivity index (χ2n) is 3.91. The summed E-state index contributed by atoms with van der Waals surface area (Å²) in [5.74, 6) is -2.27. The summed E-state index contributed by atoms with van der Waals surface area (Å²) >= 11 is 0. The first-order valence-corrected chi connectivity index (χ1v) is 4.89. The highest BCUT2D eigenvalue weighted by Crippen LogP contribution is 2.10. The maximum absolute atomic E-state index is 11.0. The molecule has 3 heteroatoms. The molecule has 1 N–H and O–H groups in total. The van der Waals surface area contributed by atoms with Crippen molar-refractivity contribution in [2.45, 2.75) is 34.1 Å². The third-order valence-electron chi connectivity index (χ3n) is 1.98. The van der Waals surface area contributed by atoms with Gasteiger partial charge in [-0.3, -0.25) is 9.59 Å². The fraction of sp³-hybridized carbons (Fsp3) is 0.500. The highest BCUT2D eigenvalue weighted by molar-refractivity contribution is 5.96. The van der Waals surface area contributed by atoms with Gasteiger partial charge in [-0.25, -0.2) is 0 Å². The third-order valence-corrected chi connectivity index (χ3v) is 1.98.